The van der Waals surface area contributed by atoms with Crippen molar-refractivity contribution in [3.63, 3.8) is 0 Å². The van der Waals surface area contributed by atoms with E-state index in [9.17, 15) is 27.2 Å². The van der Waals surface area contributed by atoms with Crippen molar-refractivity contribution < 1.29 is 36.6 Å². The molecule has 1 saturated heterocycles. The zero-order valence-electron chi connectivity index (χ0n) is 23.3. The molecule has 1 aromatic heterocycles. The lowest BCUT2D eigenvalue weighted by Gasteiger charge is -2.20. The van der Waals surface area contributed by atoms with Crippen LogP contribution in [0.4, 0.5) is 33.7 Å². The molecule has 45 heavy (non-hydrogen) atoms. The number of amides is 3. The van der Waals surface area contributed by atoms with Crippen LogP contribution in [0.1, 0.15) is 11.1 Å². The molecule has 0 spiro atoms. The Labute approximate surface area is 263 Å². The summed E-state index contributed by atoms with van der Waals surface area (Å²) >= 11 is 7.50. The predicted molar refractivity (Wildman–Crippen MR) is 162 cm³/mol. The van der Waals surface area contributed by atoms with Gasteiger partial charge in [0.15, 0.2) is 11.0 Å². The smallest absolute Gasteiger partial charge is 0.387 e. The van der Waals surface area contributed by atoms with Crippen molar-refractivity contribution in [2.24, 2.45) is 4.99 Å². The third kappa shape index (κ3) is 7.98. The average molecular weight is 663 g/mol. The Hall–Kier alpha value is -4.47. The lowest BCUT2D eigenvalue weighted by atomic mass is 10.1. The molecule has 0 atom stereocenters. The van der Waals surface area contributed by atoms with E-state index in [0.29, 0.717) is 28.3 Å². The van der Waals surface area contributed by atoms with Crippen molar-refractivity contribution in [2.45, 2.75) is 26.6 Å². The second-order valence-electron chi connectivity index (χ2n) is 9.46. The minimum atomic E-state index is -2.93. The van der Waals surface area contributed by atoms with Gasteiger partial charge in [-0.2, -0.15) is 13.8 Å². The van der Waals surface area contributed by atoms with Crippen molar-refractivity contribution >= 4 is 51.8 Å². The van der Waals surface area contributed by atoms with Crippen LogP contribution in [-0.2, 0) is 16.1 Å². The molecule has 2 heterocycles. The number of aliphatic imine (C=N–C) groups is 1. The molecular weight excluding hydrogens is 640 g/mol. The molecule has 0 aliphatic carbocycles. The van der Waals surface area contributed by atoms with E-state index in [0.717, 1.165) is 17.3 Å². The van der Waals surface area contributed by atoms with E-state index in [1.54, 1.807) is 42.5 Å². The Bertz CT molecular complexity index is 1740. The van der Waals surface area contributed by atoms with Gasteiger partial charge >= 0.3 is 12.6 Å². The standard InChI is InChI=1S/C29H23ClF4N6O4S/c1-16-2-3-18(12-43-13-24(31)32)23(10-16)40-25(41)14-45-29(40)37-28(42)36-22-9-4-17(11-21(22)30)26-35-15-39(38-26)19-5-7-20(8-6-19)44-27(33)34/h2-11,15,24,27H,12-14H2,1H3,(H,36,42)/b37-29-. The number of thioether (sulfide) groups is 1. The molecule has 0 bridgehead atoms. The summed E-state index contributed by atoms with van der Waals surface area (Å²) in [4.78, 5) is 35.3. The van der Waals surface area contributed by atoms with E-state index >= 15 is 0 Å². The fourth-order valence-electron chi connectivity index (χ4n) is 4.23. The van der Waals surface area contributed by atoms with Crippen molar-refractivity contribution in [1.29, 1.82) is 0 Å². The summed E-state index contributed by atoms with van der Waals surface area (Å²) in [6, 6.07) is 14.9. The summed E-state index contributed by atoms with van der Waals surface area (Å²) < 4.78 is 60.9. The number of nitrogens with zero attached hydrogens (tertiary/aromatic N) is 5. The molecule has 16 heteroatoms. The zero-order valence-corrected chi connectivity index (χ0v) is 24.9. The topological polar surface area (TPSA) is 111 Å². The molecule has 1 aliphatic heterocycles. The van der Waals surface area contributed by atoms with Crippen molar-refractivity contribution in [2.75, 3.05) is 22.6 Å². The first kappa shape index (κ1) is 31.9. The maximum atomic E-state index is 12.9. The molecule has 1 aliphatic rings. The third-order valence-corrected chi connectivity index (χ3v) is 7.47. The number of hydrogen-bond donors (Lipinski definition) is 1. The molecule has 234 valence electrons. The number of nitrogens with one attached hydrogen (secondary N) is 1. The molecule has 10 nitrogen and oxygen atoms in total. The lowest BCUT2D eigenvalue weighted by molar-refractivity contribution is -0.115. The van der Waals surface area contributed by atoms with E-state index in [1.807, 2.05) is 6.92 Å². The number of rotatable bonds is 10. The number of benzene rings is 3. The second-order valence-corrected chi connectivity index (χ2v) is 10.8. The van der Waals surface area contributed by atoms with E-state index in [-0.39, 0.29) is 39.9 Å². The summed E-state index contributed by atoms with van der Waals surface area (Å²) in [5, 5.41) is 7.25. The van der Waals surface area contributed by atoms with Crippen LogP contribution in [0, 0.1) is 6.92 Å². The molecule has 3 aromatic carbocycles. The first-order valence-corrected chi connectivity index (χ1v) is 14.5. The van der Waals surface area contributed by atoms with E-state index in [1.165, 1.54) is 34.1 Å². The largest absolute Gasteiger partial charge is 0.435 e. The highest BCUT2D eigenvalue weighted by Gasteiger charge is 2.32. The van der Waals surface area contributed by atoms with E-state index in [4.69, 9.17) is 16.3 Å². The number of anilines is 2. The number of carbonyl (C=O) groups excluding carboxylic acids is 2. The number of aryl methyl sites for hydroxylation is 1. The number of aromatic nitrogens is 3. The Morgan fingerprint density at radius 3 is 2.60 bits per heavy atom. The summed E-state index contributed by atoms with van der Waals surface area (Å²) in [6.45, 7) is -2.04. The summed E-state index contributed by atoms with van der Waals surface area (Å²) in [6.07, 6.45) is -1.20. The van der Waals surface area contributed by atoms with Gasteiger partial charge in [0, 0.05) is 11.1 Å². The molecular formula is C29H23ClF4N6O4S. The molecule has 1 fully saturated rings. The Balaban J connectivity index is 1.29. The maximum Gasteiger partial charge on any atom is 0.387 e. The Morgan fingerprint density at radius 2 is 1.89 bits per heavy atom. The molecule has 0 saturated carbocycles. The van der Waals surface area contributed by atoms with Gasteiger partial charge in [0.2, 0.25) is 5.91 Å². The molecule has 0 radical (unpaired) electrons. The van der Waals surface area contributed by atoms with Gasteiger partial charge in [0.1, 0.15) is 18.7 Å². The quantitative estimate of drug-likeness (QED) is 0.183. The third-order valence-electron chi connectivity index (χ3n) is 6.23. The fraction of sp³-hybridized carbons (Fsp3) is 0.207. The van der Waals surface area contributed by atoms with E-state index < -0.39 is 25.7 Å². The molecule has 3 amide bonds. The van der Waals surface area contributed by atoms with Gasteiger partial charge in [-0.25, -0.2) is 23.2 Å². The predicted octanol–water partition coefficient (Wildman–Crippen LogP) is 6.95. The van der Waals surface area contributed by atoms with E-state index in [2.05, 4.69) is 25.1 Å². The number of urea groups is 1. The Kier molecular flexibility index (Phi) is 10.0. The highest BCUT2D eigenvalue weighted by atomic mass is 35.5. The first-order chi connectivity index (χ1) is 21.6. The zero-order chi connectivity index (χ0) is 32.1. The van der Waals surface area contributed by atoms with Crippen molar-refractivity contribution in [3.8, 4) is 22.8 Å². The van der Waals surface area contributed by atoms with Crippen LogP contribution in [0.2, 0.25) is 5.02 Å². The number of hydrogen-bond acceptors (Lipinski definition) is 7. The van der Waals surface area contributed by atoms with Gasteiger partial charge in [0.25, 0.3) is 6.43 Å². The van der Waals surface area contributed by atoms with Gasteiger partial charge in [0.05, 0.1) is 34.4 Å². The lowest BCUT2D eigenvalue weighted by Crippen LogP contribution is -2.31. The molecule has 1 N–H and O–H groups in total. The summed E-state index contributed by atoms with van der Waals surface area (Å²) in [7, 11) is 0. The van der Waals surface area contributed by atoms with Crippen LogP contribution in [0.5, 0.6) is 5.75 Å². The monoisotopic (exact) mass is 662 g/mol. The van der Waals surface area contributed by atoms with Gasteiger partial charge < -0.3 is 14.8 Å². The van der Waals surface area contributed by atoms with Crippen LogP contribution < -0.4 is 15.0 Å². The van der Waals surface area contributed by atoms with Crippen molar-refractivity contribution in [1.82, 2.24) is 14.8 Å². The first-order valence-electron chi connectivity index (χ1n) is 13.1. The van der Waals surface area contributed by atoms with Crippen LogP contribution >= 0.6 is 23.4 Å². The van der Waals surface area contributed by atoms with Crippen LogP contribution in [0.25, 0.3) is 17.1 Å². The van der Waals surface area contributed by atoms with Crippen LogP contribution in [0.3, 0.4) is 0 Å². The minimum absolute atomic E-state index is 0.00610. The highest BCUT2D eigenvalue weighted by Crippen LogP contribution is 2.32. The molecule has 0 unspecified atom stereocenters. The number of alkyl halides is 4. The van der Waals surface area contributed by atoms with Gasteiger partial charge in [-0.05, 0) is 61.0 Å². The maximum absolute atomic E-state index is 12.9. The second kappa shape index (κ2) is 14.1. The van der Waals surface area contributed by atoms with Crippen LogP contribution in [-0.4, -0.2) is 57.3 Å². The highest BCUT2D eigenvalue weighted by molar-refractivity contribution is 8.15. The number of halogens is 5. The normalized spacial score (nSPS) is 14.2. The number of carbonyl (C=O) groups is 2. The number of ether oxygens (including phenoxy) is 2. The SMILES string of the molecule is Cc1ccc(COCC(F)F)c(N2C(=O)CS/C2=N\C(=O)Nc2ccc(-c3ncn(-c4ccc(OC(F)F)cc4)n3)cc2Cl)c1. The van der Waals surface area contributed by atoms with Gasteiger partial charge in [-0.15, -0.1) is 5.10 Å². The molecule has 5 rings (SSSR count). The Morgan fingerprint density at radius 1 is 1.11 bits per heavy atom. The summed E-state index contributed by atoms with van der Waals surface area (Å²) in [5.74, 6) is 0.0108. The van der Waals surface area contributed by atoms with Gasteiger partial charge in [-0.1, -0.05) is 35.5 Å². The number of amidine groups is 1. The fourth-order valence-corrected chi connectivity index (χ4v) is 5.32. The molecule has 4 aromatic rings. The summed E-state index contributed by atoms with van der Waals surface area (Å²) in [5.41, 5.74) is 3.00. The van der Waals surface area contributed by atoms with Crippen molar-refractivity contribution in [3.05, 3.63) is 83.1 Å². The van der Waals surface area contributed by atoms with Crippen LogP contribution in [0.15, 0.2) is 72.0 Å². The minimum Gasteiger partial charge on any atom is -0.435 e. The average Bonchev–Trinajstić information content (AvgIpc) is 3.62. The van der Waals surface area contributed by atoms with Gasteiger partial charge in [-0.3, -0.25) is 9.69 Å².